The summed E-state index contributed by atoms with van der Waals surface area (Å²) in [4.78, 5) is 11.6. The van der Waals surface area contributed by atoms with Crippen LogP contribution in [-0.2, 0) is 0 Å². The van der Waals surface area contributed by atoms with E-state index in [4.69, 9.17) is 5.26 Å². The van der Waals surface area contributed by atoms with Crippen LogP contribution in [0.3, 0.4) is 0 Å². The number of thiophene rings is 1. The Morgan fingerprint density at radius 1 is 1.39 bits per heavy atom. The Morgan fingerprint density at radius 2 is 2.11 bits per heavy atom. The molecule has 0 aliphatic carbocycles. The fraction of sp³-hybridized carbons (Fsp3) is 0.250. The third kappa shape index (κ3) is 3.06. The first-order valence-corrected chi connectivity index (χ1v) is 6.97. The summed E-state index contributed by atoms with van der Waals surface area (Å²) >= 11 is 5.08. The van der Waals surface area contributed by atoms with Crippen LogP contribution in [-0.4, -0.2) is 23.6 Å². The van der Waals surface area contributed by atoms with Crippen LogP contribution < -0.4 is 4.90 Å². The van der Waals surface area contributed by atoms with Gasteiger partial charge in [-0.3, -0.25) is 0 Å². The monoisotopic (exact) mass is 322 g/mol. The predicted octanol–water partition coefficient (Wildman–Crippen LogP) is 3.32. The van der Waals surface area contributed by atoms with Crippen molar-refractivity contribution in [2.75, 3.05) is 18.5 Å². The van der Waals surface area contributed by atoms with Crippen molar-refractivity contribution in [1.29, 1.82) is 5.26 Å². The minimum Gasteiger partial charge on any atom is -0.343 e. The summed E-state index contributed by atoms with van der Waals surface area (Å²) in [6.07, 6.45) is 4.09. The lowest BCUT2D eigenvalue weighted by atomic mass is 10.3. The number of nitriles is 1. The average molecular weight is 323 g/mol. The van der Waals surface area contributed by atoms with Crippen molar-refractivity contribution in [1.82, 2.24) is 9.97 Å². The van der Waals surface area contributed by atoms with Gasteiger partial charge in [0.2, 0.25) is 5.95 Å². The maximum atomic E-state index is 8.54. The lowest BCUT2D eigenvalue weighted by Gasteiger charge is -2.14. The van der Waals surface area contributed by atoms with Gasteiger partial charge >= 0.3 is 0 Å². The molecule has 2 aromatic rings. The van der Waals surface area contributed by atoms with E-state index in [2.05, 4.69) is 32.0 Å². The number of halogens is 1. The van der Waals surface area contributed by atoms with Gasteiger partial charge in [0.25, 0.3) is 0 Å². The SMILES string of the molecule is CN(CCC#N)c1ncc(-c2ccc(Br)s2)cn1. The molecule has 0 fully saturated rings. The molecule has 0 spiro atoms. The van der Waals surface area contributed by atoms with Crippen LogP contribution in [0, 0.1) is 11.3 Å². The van der Waals surface area contributed by atoms with Gasteiger partial charge in [0, 0.05) is 36.4 Å². The topological polar surface area (TPSA) is 52.8 Å². The zero-order chi connectivity index (χ0) is 13.0. The minimum atomic E-state index is 0.472. The molecule has 0 atom stereocenters. The van der Waals surface area contributed by atoms with Gasteiger partial charge in [0.1, 0.15) is 0 Å². The predicted molar refractivity (Wildman–Crippen MR) is 76.5 cm³/mol. The van der Waals surface area contributed by atoms with Gasteiger partial charge in [-0.1, -0.05) is 0 Å². The molecule has 0 radical (unpaired) electrons. The summed E-state index contributed by atoms with van der Waals surface area (Å²) in [5, 5.41) is 8.54. The molecule has 2 heterocycles. The summed E-state index contributed by atoms with van der Waals surface area (Å²) in [7, 11) is 1.88. The molecule has 0 amide bonds. The van der Waals surface area contributed by atoms with E-state index in [0.717, 1.165) is 14.2 Å². The van der Waals surface area contributed by atoms with Gasteiger partial charge in [0.05, 0.1) is 16.3 Å². The molecular weight excluding hydrogens is 312 g/mol. The van der Waals surface area contributed by atoms with Crippen LogP contribution in [0.2, 0.25) is 0 Å². The Hall–Kier alpha value is -1.45. The van der Waals surface area contributed by atoms with Crippen molar-refractivity contribution in [2.24, 2.45) is 0 Å². The first kappa shape index (κ1) is 13.0. The maximum Gasteiger partial charge on any atom is 0.225 e. The zero-order valence-electron chi connectivity index (χ0n) is 9.80. The second kappa shape index (κ2) is 5.94. The second-order valence-electron chi connectivity index (χ2n) is 3.71. The molecular formula is C12H11BrN4S. The quantitative estimate of drug-likeness (QED) is 0.866. The van der Waals surface area contributed by atoms with Crippen molar-refractivity contribution >= 4 is 33.2 Å². The molecule has 0 aliphatic rings. The molecule has 6 heteroatoms. The number of hydrogen-bond donors (Lipinski definition) is 0. The Bertz CT molecular complexity index is 558. The lowest BCUT2D eigenvalue weighted by molar-refractivity contribution is 0.859. The highest BCUT2D eigenvalue weighted by Gasteiger charge is 2.06. The Balaban J connectivity index is 2.13. The van der Waals surface area contributed by atoms with Crippen LogP contribution >= 0.6 is 27.3 Å². The van der Waals surface area contributed by atoms with Crippen molar-refractivity contribution in [3.63, 3.8) is 0 Å². The van der Waals surface area contributed by atoms with Crippen molar-refractivity contribution in [2.45, 2.75) is 6.42 Å². The van der Waals surface area contributed by atoms with Gasteiger partial charge in [-0.2, -0.15) is 5.26 Å². The van der Waals surface area contributed by atoms with E-state index in [1.54, 1.807) is 11.3 Å². The van der Waals surface area contributed by atoms with E-state index in [0.29, 0.717) is 18.9 Å². The molecule has 0 bridgehead atoms. The Labute approximate surface area is 118 Å². The average Bonchev–Trinajstić information content (AvgIpc) is 2.83. The third-order valence-corrected chi connectivity index (χ3v) is 4.07. The van der Waals surface area contributed by atoms with E-state index in [1.807, 2.05) is 36.5 Å². The molecule has 0 unspecified atom stereocenters. The zero-order valence-corrected chi connectivity index (χ0v) is 12.2. The molecule has 4 nitrogen and oxygen atoms in total. The Morgan fingerprint density at radius 3 is 2.67 bits per heavy atom. The summed E-state index contributed by atoms with van der Waals surface area (Å²) in [6.45, 7) is 0.639. The Kier molecular flexibility index (Phi) is 4.28. The first-order chi connectivity index (χ1) is 8.70. The fourth-order valence-electron chi connectivity index (χ4n) is 1.43. The van der Waals surface area contributed by atoms with E-state index in [1.165, 1.54) is 0 Å². The summed E-state index contributed by atoms with van der Waals surface area (Å²) in [6, 6.07) is 6.15. The van der Waals surface area contributed by atoms with Gasteiger partial charge in [-0.25, -0.2) is 9.97 Å². The van der Waals surface area contributed by atoms with E-state index in [-0.39, 0.29) is 0 Å². The molecule has 92 valence electrons. The highest BCUT2D eigenvalue weighted by molar-refractivity contribution is 9.11. The van der Waals surface area contributed by atoms with E-state index < -0.39 is 0 Å². The van der Waals surface area contributed by atoms with E-state index >= 15 is 0 Å². The van der Waals surface area contributed by atoms with Crippen LogP contribution in [0.25, 0.3) is 10.4 Å². The number of nitrogens with zero attached hydrogens (tertiary/aromatic N) is 4. The van der Waals surface area contributed by atoms with Crippen LogP contribution in [0.1, 0.15) is 6.42 Å². The number of rotatable bonds is 4. The van der Waals surface area contributed by atoms with Crippen LogP contribution in [0.4, 0.5) is 5.95 Å². The second-order valence-corrected chi connectivity index (χ2v) is 6.17. The first-order valence-electron chi connectivity index (χ1n) is 5.36. The summed E-state index contributed by atoms with van der Waals surface area (Å²) < 4.78 is 1.09. The summed E-state index contributed by atoms with van der Waals surface area (Å²) in [5.41, 5.74) is 1.00. The number of aromatic nitrogens is 2. The molecule has 0 aromatic carbocycles. The van der Waals surface area contributed by atoms with Gasteiger partial charge in [-0.15, -0.1) is 11.3 Å². The van der Waals surface area contributed by atoms with E-state index in [9.17, 15) is 0 Å². The molecule has 0 saturated carbocycles. The normalized spacial score (nSPS) is 10.1. The lowest BCUT2D eigenvalue weighted by Crippen LogP contribution is -2.20. The van der Waals surface area contributed by atoms with Crippen LogP contribution in [0.15, 0.2) is 28.3 Å². The molecule has 0 aliphatic heterocycles. The molecule has 0 N–H and O–H groups in total. The van der Waals surface area contributed by atoms with Crippen molar-refractivity contribution < 1.29 is 0 Å². The summed E-state index contributed by atoms with van der Waals surface area (Å²) in [5.74, 6) is 0.643. The molecule has 0 saturated heterocycles. The standard InChI is InChI=1S/C12H11BrN4S/c1-17(6-2-5-14)12-15-7-9(8-16-12)10-3-4-11(13)18-10/h3-4,7-8H,2,6H2,1H3. The third-order valence-electron chi connectivity index (χ3n) is 2.40. The van der Waals surface area contributed by atoms with Crippen molar-refractivity contribution in [3.8, 4) is 16.5 Å². The fourth-order valence-corrected chi connectivity index (χ4v) is 2.79. The van der Waals surface area contributed by atoms with Gasteiger partial charge in [0.15, 0.2) is 0 Å². The largest absolute Gasteiger partial charge is 0.343 e. The van der Waals surface area contributed by atoms with Crippen molar-refractivity contribution in [3.05, 3.63) is 28.3 Å². The number of hydrogen-bond acceptors (Lipinski definition) is 5. The molecule has 2 aromatic heterocycles. The minimum absolute atomic E-state index is 0.472. The highest BCUT2D eigenvalue weighted by atomic mass is 79.9. The number of anilines is 1. The van der Waals surface area contributed by atoms with Gasteiger partial charge < -0.3 is 4.90 Å². The molecule has 2 rings (SSSR count). The maximum absolute atomic E-state index is 8.54. The smallest absolute Gasteiger partial charge is 0.225 e. The van der Waals surface area contributed by atoms with Crippen LogP contribution in [0.5, 0.6) is 0 Å². The molecule has 18 heavy (non-hydrogen) atoms. The van der Waals surface area contributed by atoms with Gasteiger partial charge in [-0.05, 0) is 28.1 Å². The highest BCUT2D eigenvalue weighted by Crippen LogP contribution is 2.30.